The maximum absolute atomic E-state index is 12.7. The number of rotatable bonds is 4. The number of carbonyl (C=O) groups is 2. The first kappa shape index (κ1) is 17.7. The predicted octanol–water partition coefficient (Wildman–Crippen LogP) is 3.81. The summed E-state index contributed by atoms with van der Waals surface area (Å²) in [6, 6.07) is 18.3. The van der Waals surface area contributed by atoms with Gasteiger partial charge in [-0.15, -0.1) is 0 Å². The molecule has 2 aromatic carbocycles. The highest BCUT2D eigenvalue weighted by atomic mass is 16.5. The van der Waals surface area contributed by atoms with Crippen LogP contribution in [-0.2, 0) is 11.2 Å². The molecule has 1 aromatic heterocycles. The molecule has 140 valence electrons. The molecule has 0 fully saturated rings. The van der Waals surface area contributed by atoms with Crippen LogP contribution in [-0.4, -0.2) is 30.5 Å². The number of ether oxygens (including phenoxy) is 1. The number of para-hydroxylation sites is 1. The number of aromatic nitrogens is 1. The smallest absolute Gasteiger partial charge is 0.337 e. The van der Waals surface area contributed by atoms with Gasteiger partial charge in [0.25, 0.3) is 5.91 Å². The molecule has 0 saturated carbocycles. The Morgan fingerprint density at radius 1 is 1.04 bits per heavy atom. The minimum atomic E-state index is -0.414. The molecule has 1 amide bonds. The number of pyridine rings is 1. The minimum absolute atomic E-state index is 0.234. The average molecular weight is 373 g/mol. The second kappa shape index (κ2) is 7.52. The van der Waals surface area contributed by atoms with E-state index in [1.807, 2.05) is 12.1 Å². The highest BCUT2D eigenvalue weighted by Gasteiger charge is 2.21. The van der Waals surface area contributed by atoms with E-state index in [4.69, 9.17) is 0 Å². The fourth-order valence-corrected chi connectivity index (χ4v) is 3.29. The van der Waals surface area contributed by atoms with Gasteiger partial charge >= 0.3 is 5.97 Å². The number of nitrogens with zero attached hydrogens (tertiary/aromatic N) is 2. The number of anilines is 3. The summed E-state index contributed by atoms with van der Waals surface area (Å²) in [5.74, 6) is 0.100. The lowest BCUT2D eigenvalue weighted by Crippen LogP contribution is -2.17. The highest BCUT2D eigenvalue weighted by molar-refractivity contribution is 6.05. The monoisotopic (exact) mass is 373 g/mol. The van der Waals surface area contributed by atoms with Crippen LogP contribution >= 0.6 is 0 Å². The van der Waals surface area contributed by atoms with E-state index >= 15 is 0 Å². The molecule has 0 atom stereocenters. The quantitative estimate of drug-likeness (QED) is 0.704. The zero-order valence-electron chi connectivity index (χ0n) is 15.4. The molecule has 6 heteroatoms. The molecular weight excluding hydrogens is 354 g/mol. The van der Waals surface area contributed by atoms with Crippen molar-refractivity contribution in [1.82, 2.24) is 4.98 Å². The molecule has 6 nitrogen and oxygen atoms in total. The lowest BCUT2D eigenvalue weighted by Gasteiger charge is -2.18. The van der Waals surface area contributed by atoms with Crippen LogP contribution in [0.1, 0.15) is 26.3 Å². The number of carbonyl (C=O) groups excluding carboxylic acids is 2. The molecule has 0 spiro atoms. The van der Waals surface area contributed by atoms with E-state index in [0.717, 1.165) is 24.5 Å². The summed E-state index contributed by atoms with van der Waals surface area (Å²) in [5, 5.41) is 2.84. The summed E-state index contributed by atoms with van der Waals surface area (Å²) in [5.41, 5.74) is 3.96. The summed E-state index contributed by atoms with van der Waals surface area (Å²) in [6.45, 7) is 0.840. The minimum Gasteiger partial charge on any atom is -0.465 e. The van der Waals surface area contributed by atoms with Crippen LogP contribution in [0, 0.1) is 0 Å². The average Bonchev–Trinajstić information content (AvgIpc) is 3.18. The number of fused-ring (bicyclic) bond motifs is 1. The Labute approximate surface area is 162 Å². The van der Waals surface area contributed by atoms with Gasteiger partial charge in [0.15, 0.2) is 0 Å². The van der Waals surface area contributed by atoms with Crippen molar-refractivity contribution in [3.05, 3.63) is 83.6 Å². The lowest BCUT2D eigenvalue weighted by molar-refractivity contribution is 0.0600. The van der Waals surface area contributed by atoms with Crippen LogP contribution in [0.5, 0.6) is 0 Å². The zero-order valence-corrected chi connectivity index (χ0v) is 15.4. The predicted molar refractivity (Wildman–Crippen MR) is 107 cm³/mol. The maximum Gasteiger partial charge on any atom is 0.337 e. The Kier molecular flexibility index (Phi) is 4.76. The molecule has 1 N–H and O–H groups in total. The van der Waals surface area contributed by atoms with Gasteiger partial charge in [-0.1, -0.05) is 18.2 Å². The molecule has 0 bridgehead atoms. The second-order valence-corrected chi connectivity index (χ2v) is 6.46. The molecule has 1 aliphatic heterocycles. The van der Waals surface area contributed by atoms with Crippen molar-refractivity contribution in [2.24, 2.45) is 0 Å². The van der Waals surface area contributed by atoms with Gasteiger partial charge in [-0.05, 0) is 54.4 Å². The van der Waals surface area contributed by atoms with Crippen molar-refractivity contribution in [2.75, 3.05) is 23.9 Å². The second-order valence-electron chi connectivity index (χ2n) is 6.46. The molecule has 1 aliphatic rings. The highest BCUT2D eigenvalue weighted by Crippen LogP contribution is 2.33. The number of benzene rings is 2. The van der Waals surface area contributed by atoms with Crippen molar-refractivity contribution in [3.63, 3.8) is 0 Å². The number of amides is 1. The van der Waals surface area contributed by atoms with Crippen molar-refractivity contribution in [1.29, 1.82) is 0 Å². The van der Waals surface area contributed by atoms with Gasteiger partial charge < -0.3 is 15.0 Å². The third-order valence-corrected chi connectivity index (χ3v) is 4.74. The van der Waals surface area contributed by atoms with E-state index in [2.05, 4.69) is 32.1 Å². The van der Waals surface area contributed by atoms with E-state index in [1.165, 1.54) is 12.7 Å². The van der Waals surface area contributed by atoms with Gasteiger partial charge in [-0.2, -0.15) is 0 Å². The molecular formula is C22H19N3O3. The third kappa shape index (κ3) is 3.44. The number of esters is 1. The van der Waals surface area contributed by atoms with Crippen LogP contribution in [0.3, 0.4) is 0 Å². The topological polar surface area (TPSA) is 71.5 Å². The molecule has 2 heterocycles. The Morgan fingerprint density at radius 2 is 1.82 bits per heavy atom. The number of nitrogens with one attached hydrogen (secondary N) is 1. The van der Waals surface area contributed by atoms with Crippen molar-refractivity contribution >= 4 is 29.1 Å². The molecule has 28 heavy (non-hydrogen) atoms. The maximum atomic E-state index is 12.7. The van der Waals surface area contributed by atoms with Gasteiger partial charge in [0, 0.05) is 29.7 Å². The zero-order chi connectivity index (χ0) is 19.5. The van der Waals surface area contributed by atoms with Crippen LogP contribution in [0.15, 0.2) is 66.9 Å². The summed E-state index contributed by atoms with van der Waals surface area (Å²) >= 11 is 0. The van der Waals surface area contributed by atoms with Gasteiger partial charge in [0.1, 0.15) is 5.82 Å². The Hall–Kier alpha value is -3.67. The van der Waals surface area contributed by atoms with Crippen molar-refractivity contribution in [2.45, 2.75) is 6.42 Å². The Bertz CT molecular complexity index is 1030. The first-order chi connectivity index (χ1) is 13.7. The van der Waals surface area contributed by atoms with E-state index in [9.17, 15) is 9.59 Å². The normalized spacial score (nSPS) is 12.4. The van der Waals surface area contributed by atoms with E-state index in [1.54, 1.807) is 42.6 Å². The Morgan fingerprint density at radius 3 is 2.61 bits per heavy atom. The molecule has 0 saturated heterocycles. The van der Waals surface area contributed by atoms with Gasteiger partial charge in [0.2, 0.25) is 0 Å². The molecule has 0 radical (unpaired) electrons. The Balaban J connectivity index is 1.52. The van der Waals surface area contributed by atoms with Crippen LogP contribution in [0.4, 0.5) is 17.2 Å². The van der Waals surface area contributed by atoms with E-state index in [0.29, 0.717) is 16.8 Å². The van der Waals surface area contributed by atoms with Gasteiger partial charge in [-0.3, -0.25) is 4.79 Å². The van der Waals surface area contributed by atoms with Crippen molar-refractivity contribution in [3.8, 4) is 0 Å². The summed E-state index contributed by atoms with van der Waals surface area (Å²) in [6.07, 6.45) is 2.60. The van der Waals surface area contributed by atoms with Gasteiger partial charge in [0.05, 0.1) is 12.7 Å². The van der Waals surface area contributed by atoms with Crippen LogP contribution < -0.4 is 10.2 Å². The first-order valence-electron chi connectivity index (χ1n) is 8.97. The molecule has 4 rings (SSSR count). The lowest BCUT2D eigenvalue weighted by atomic mass is 10.2. The van der Waals surface area contributed by atoms with Gasteiger partial charge in [-0.25, -0.2) is 9.78 Å². The third-order valence-electron chi connectivity index (χ3n) is 4.74. The van der Waals surface area contributed by atoms with Crippen LogP contribution in [0.25, 0.3) is 0 Å². The molecule has 0 unspecified atom stereocenters. The number of methoxy groups -OCH3 is 1. The fraction of sp³-hybridized carbons (Fsp3) is 0.136. The van der Waals surface area contributed by atoms with Crippen molar-refractivity contribution < 1.29 is 14.3 Å². The standard InChI is InChI=1S/C22H19N3O3/c1-28-22(27)16-6-8-18(9-7-16)24-21(26)17-10-12-23-20(14-17)25-13-11-15-4-2-3-5-19(15)25/h2-10,12,14H,11,13H2,1H3,(H,24,26). The summed E-state index contributed by atoms with van der Waals surface area (Å²) in [7, 11) is 1.33. The SMILES string of the molecule is COC(=O)c1ccc(NC(=O)c2ccnc(N3CCc4ccccc43)c2)cc1. The van der Waals surface area contributed by atoms with E-state index in [-0.39, 0.29) is 5.91 Å². The van der Waals surface area contributed by atoms with E-state index < -0.39 is 5.97 Å². The first-order valence-corrected chi connectivity index (χ1v) is 8.97. The summed E-state index contributed by atoms with van der Waals surface area (Å²) < 4.78 is 4.68. The number of hydrogen-bond acceptors (Lipinski definition) is 5. The van der Waals surface area contributed by atoms with Crippen LogP contribution in [0.2, 0.25) is 0 Å². The largest absolute Gasteiger partial charge is 0.465 e. The fourth-order valence-electron chi connectivity index (χ4n) is 3.29. The molecule has 0 aliphatic carbocycles. The molecule has 3 aromatic rings. The summed E-state index contributed by atoms with van der Waals surface area (Å²) in [4.78, 5) is 30.7. The number of hydrogen-bond donors (Lipinski definition) is 1.